The van der Waals surface area contributed by atoms with Crippen LogP contribution in [0.25, 0.3) is 27.6 Å². The van der Waals surface area contributed by atoms with Crippen molar-refractivity contribution in [2.45, 2.75) is 26.2 Å². The molecule has 0 aliphatic carbocycles. The van der Waals surface area contributed by atoms with Gasteiger partial charge in [-0.05, 0) is 48.4 Å². The molecule has 4 aromatic carbocycles. The third-order valence-corrected chi connectivity index (χ3v) is 7.43. The molecule has 0 N–H and O–H groups in total. The smallest absolute Gasteiger partial charge is 0.143 e. The third-order valence-electron chi connectivity index (χ3n) is 7.43. The molecular formula is C35H29N4OPt-3. The normalized spacial score (nSPS) is 13.0. The number of benzene rings is 4. The zero-order valence-corrected chi connectivity index (χ0v) is 25.6. The number of aromatic nitrogens is 2. The molecule has 0 radical (unpaired) electrons. The summed E-state index contributed by atoms with van der Waals surface area (Å²) in [6.45, 7) is 8.81. The van der Waals surface area contributed by atoms with E-state index in [1.807, 2.05) is 48.7 Å². The van der Waals surface area contributed by atoms with Crippen LogP contribution in [0.15, 0.2) is 97.2 Å². The first-order chi connectivity index (χ1) is 19.4. The maximum Gasteiger partial charge on any atom is 0.143 e. The Morgan fingerprint density at radius 3 is 2.24 bits per heavy atom. The Morgan fingerprint density at radius 1 is 0.756 bits per heavy atom. The minimum atomic E-state index is 0. The third kappa shape index (κ3) is 4.79. The molecule has 7 rings (SSSR count). The van der Waals surface area contributed by atoms with Gasteiger partial charge in [0.15, 0.2) is 0 Å². The zero-order valence-electron chi connectivity index (χ0n) is 23.3. The van der Waals surface area contributed by atoms with E-state index in [1.54, 1.807) is 0 Å². The number of ether oxygens (including phenoxy) is 1. The number of para-hydroxylation sites is 1. The van der Waals surface area contributed by atoms with E-state index in [0.29, 0.717) is 11.5 Å². The molecule has 0 saturated heterocycles. The van der Waals surface area contributed by atoms with E-state index in [2.05, 4.69) is 110 Å². The van der Waals surface area contributed by atoms with Crippen LogP contribution in [0.1, 0.15) is 26.3 Å². The van der Waals surface area contributed by atoms with Gasteiger partial charge in [0.2, 0.25) is 0 Å². The summed E-state index contributed by atoms with van der Waals surface area (Å²) in [6.07, 6.45) is 1.83. The largest absolute Gasteiger partial charge is 0.509 e. The van der Waals surface area contributed by atoms with Crippen LogP contribution in [-0.2, 0) is 26.5 Å². The van der Waals surface area contributed by atoms with Crippen molar-refractivity contribution in [3.05, 3.63) is 122 Å². The number of anilines is 3. The SMILES string of the molecule is CN1[CH-]N(c2[c-]c(Oc3[c-]c(-n4c5ccccc5c5cccnc54)ccc3)ccc2)c2cc(C(C)(C)C)ccc21.[Pt]. The van der Waals surface area contributed by atoms with E-state index in [4.69, 9.17) is 9.72 Å². The average molecular weight is 717 g/mol. The number of hydrogen-bond acceptors (Lipinski definition) is 4. The fourth-order valence-electron chi connectivity index (χ4n) is 5.39. The predicted molar refractivity (Wildman–Crippen MR) is 163 cm³/mol. The second kappa shape index (κ2) is 10.4. The minimum absolute atomic E-state index is 0. The first kappa shape index (κ1) is 27.1. The summed E-state index contributed by atoms with van der Waals surface area (Å²) >= 11 is 0. The predicted octanol–water partition coefficient (Wildman–Crippen LogP) is 8.57. The van der Waals surface area contributed by atoms with Crippen molar-refractivity contribution in [3.8, 4) is 17.2 Å². The molecule has 5 nitrogen and oxygen atoms in total. The van der Waals surface area contributed by atoms with Crippen molar-refractivity contribution in [1.29, 1.82) is 0 Å². The molecule has 0 atom stereocenters. The molecule has 2 aromatic heterocycles. The molecule has 0 unspecified atom stereocenters. The van der Waals surface area contributed by atoms with E-state index in [0.717, 1.165) is 44.7 Å². The van der Waals surface area contributed by atoms with Gasteiger partial charge in [-0.15, -0.1) is 42.1 Å². The van der Waals surface area contributed by atoms with Crippen LogP contribution in [0.2, 0.25) is 0 Å². The second-order valence-electron chi connectivity index (χ2n) is 11.2. The van der Waals surface area contributed by atoms with Crippen LogP contribution >= 0.6 is 0 Å². The van der Waals surface area contributed by atoms with Gasteiger partial charge in [0.1, 0.15) is 5.65 Å². The molecule has 208 valence electrons. The fraction of sp³-hybridized carbons (Fsp3) is 0.143. The Bertz CT molecular complexity index is 1830. The molecule has 0 amide bonds. The van der Waals surface area contributed by atoms with E-state index in [9.17, 15) is 0 Å². The van der Waals surface area contributed by atoms with Gasteiger partial charge < -0.3 is 19.1 Å². The van der Waals surface area contributed by atoms with E-state index in [1.165, 1.54) is 5.56 Å². The van der Waals surface area contributed by atoms with E-state index in [-0.39, 0.29) is 26.5 Å². The standard InChI is InChI=1S/C35H29N4O.Pt/c1-35(2,3)24-17-18-32-33(20-24)38(23-37(32)4)25-10-7-12-27(21-25)40-28-13-8-11-26(22-28)39-31-16-6-5-14-29(31)30-15-9-19-36-34(30)39;/h5-20,23H,1-4H3;/q-3;. The quantitative estimate of drug-likeness (QED) is 0.171. The molecule has 3 heterocycles. The van der Waals surface area contributed by atoms with Gasteiger partial charge in [0, 0.05) is 60.9 Å². The van der Waals surface area contributed by atoms with Crippen molar-refractivity contribution < 1.29 is 25.8 Å². The van der Waals surface area contributed by atoms with Crippen molar-refractivity contribution in [1.82, 2.24) is 9.55 Å². The molecule has 0 spiro atoms. The molecule has 6 heteroatoms. The van der Waals surface area contributed by atoms with Crippen molar-refractivity contribution in [2.75, 3.05) is 16.8 Å². The number of hydrogen-bond donors (Lipinski definition) is 0. The zero-order chi connectivity index (χ0) is 27.4. The van der Waals surface area contributed by atoms with Crippen LogP contribution in [-0.4, -0.2) is 16.6 Å². The van der Waals surface area contributed by atoms with Crippen molar-refractivity contribution in [2.24, 2.45) is 0 Å². The molecule has 41 heavy (non-hydrogen) atoms. The monoisotopic (exact) mass is 716 g/mol. The number of nitrogens with zero attached hydrogens (tertiary/aromatic N) is 4. The van der Waals surface area contributed by atoms with Crippen molar-refractivity contribution in [3.63, 3.8) is 0 Å². The van der Waals surface area contributed by atoms with E-state index < -0.39 is 0 Å². The van der Waals surface area contributed by atoms with Crippen LogP contribution in [0.3, 0.4) is 0 Å². The van der Waals surface area contributed by atoms with Gasteiger partial charge in [-0.3, -0.25) is 0 Å². The summed E-state index contributed by atoms with van der Waals surface area (Å²) < 4.78 is 8.47. The molecular weight excluding hydrogens is 687 g/mol. The Balaban J connectivity index is 0.00000302. The van der Waals surface area contributed by atoms with Gasteiger partial charge in [-0.25, -0.2) is 4.98 Å². The second-order valence-corrected chi connectivity index (χ2v) is 11.2. The van der Waals surface area contributed by atoms with Crippen LogP contribution in [0.4, 0.5) is 17.1 Å². The first-order valence-corrected chi connectivity index (χ1v) is 13.5. The maximum atomic E-state index is 6.34. The summed E-state index contributed by atoms with van der Waals surface area (Å²) in [4.78, 5) is 9.00. The minimum Gasteiger partial charge on any atom is -0.509 e. The molecule has 0 bridgehead atoms. The average Bonchev–Trinajstić information content (AvgIpc) is 3.47. The summed E-state index contributed by atoms with van der Waals surface area (Å²) in [6, 6.07) is 38.0. The summed E-state index contributed by atoms with van der Waals surface area (Å²) in [5, 5.41) is 2.27. The number of rotatable bonds is 4. The first-order valence-electron chi connectivity index (χ1n) is 13.5. The van der Waals surface area contributed by atoms with Crippen LogP contribution in [0.5, 0.6) is 11.5 Å². The Hall–Kier alpha value is -4.08. The summed E-state index contributed by atoms with van der Waals surface area (Å²) in [7, 11) is 2.07. The molecule has 1 aliphatic rings. The summed E-state index contributed by atoms with van der Waals surface area (Å²) in [5.74, 6) is 1.24. The van der Waals surface area contributed by atoms with Gasteiger partial charge >= 0.3 is 0 Å². The molecule has 0 fully saturated rings. The van der Waals surface area contributed by atoms with Crippen LogP contribution < -0.4 is 14.5 Å². The molecule has 6 aromatic rings. The Labute approximate surface area is 255 Å². The Morgan fingerprint density at radius 2 is 1.46 bits per heavy atom. The number of fused-ring (bicyclic) bond motifs is 4. The van der Waals surface area contributed by atoms with E-state index >= 15 is 0 Å². The van der Waals surface area contributed by atoms with Gasteiger partial charge in [-0.1, -0.05) is 50.7 Å². The molecule has 0 saturated carbocycles. The topological polar surface area (TPSA) is 33.5 Å². The van der Waals surface area contributed by atoms with Crippen molar-refractivity contribution >= 4 is 39.0 Å². The fourth-order valence-corrected chi connectivity index (χ4v) is 5.39. The Kier molecular flexibility index (Phi) is 6.87. The molecule has 1 aliphatic heterocycles. The number of pyridine rings is 1. The van der Waals surface area contributed by atoms with Gasteiger partial charge in [-0.2, -0.15) is 18.8 Å². The van der Waals surface area contributed by atoms with Gasteiger partial charge in [0.05, 0.1) is 5.52 Å². The maximum absolute atomic E-state index is 6.34. The van der Waals surface area contributed by atoms with Gasteiger partial charge in [0.25, 0.3) is 0 Å². The summed E-state index contributed by atoms with van der Waals surface area (Å²) in [5.41, 5.74) is 7.41. The van der Waals surface area contributed by atoms with Crippen LogP contribution in [0, 0.1) is 18.8 Å².